The average Bonchev–Trinajstić information content (AvgIpc) is 3.11. The van der Waals surface area contributed by atoms with Crippen LogP contribution >= 0.6 is 11.8 Å². The molecule has 0 aliphatic carbocycles. The van der Waals surface area contributed by atoms with E-state index < -0.39 is 11.9 Å². The molecule has 3 rings (SSSR count). The number of anilines is 1. The fraction of sp³-hybridized carbons (Fsp3) is 0.0526. The van der Waals surface area contributed by atoms with Crippen LogP contribution in [0.5, 0.6) is 5.75 Å². The van der Waals surface area contributed by atoms with E-state index in [1.807, 2.05) is 30.3 Å². The Morgan fingerprint density at radius 2 is 1.81 bits per heavy atom. The molecular formula is C19H15NO5S. The van der Waals surface area contributed by atoms with E-state index in [9.17, 15) is 14.7 Å². The molecule has 0 aliphatic rings. The lowest BCUT2D eigenvalue weighted by Gasteiger charge is -2.06. The number of phenols is 1. The summed E-state index contributed by atoms with van der Waals surface area (Å²) in [6.45, 7) is 0. The van der Waals surface area contributed by atoms with Gasteiger partial charge in [-0.15, -0.1) is 11.8 Å². The monoisotopic (exact) mass is 369 g/mol. The maximum absolute atomic E-state index is 12.2. The summed E-state index contributed by atoms with van der Waals surface area (Å²) in [7, 11) is 0. The molecule has 0 unspecified atom stereocenters. The highest BCUT2D eigenvalue weighted by Crippen LogP contribution is 2.25. The van der Waals surface area contributed by atoms with Crippen molar-refractivity contribution in [1.29, 1.82) is 0 Å². The second-order valence-corrected chi connectivity index (χ2v) is 6.41. The lowest BCUT2D eigenvalue weighted by atomic mass is 10.2. The molecule has 0 atom stereocenters. The summed E-state index contributed by atoms with van der Waals surface area (Å²) in [6, 6.07) is 16.9. The number of benzene rings is 2. The highest BCUT2D eigenvalue weighted by atomic mass is 32.2. The molecule has 0 saturated heterocycles. The van der Waals surface area contributed by atoms with Gasteiger partial charge in [-0.1, -0.05) is 18.2 Å². The first-order valence-corrected chi connectivity index (χ1v) is 8.66. The second kappa shape index (κ2) is 7.79. The average molecular weight is 369 g/mol. The number of nitrogens with one attached hydrogen (secondary N) is 1. The molecule has 0 fully saturated rings. The van der Waals surface area contributed by atoms with Crippen LogP contribution in [-0.4, -0.2) is 22.1 Å². The minimum atomic E-state index is -1.28. The third-order valence-corrected chi connectivity index (χ3v) is 4.53. The molecule has 132 valence electrons. The Morgan fingerprint density at radius 3 is 2.54 bits per heavy atom. The number of carbonyl (C=O) groups excluding carboxylic acids is 1. The number of hydrogen-bond donors (Lipinski definition) is 3. The third-order valence-electron chi connectivity index (χ3n) is 3.49. The van der Waals surface area contributed by atoms with Crippen LogP contribution in [0, 0.1) is 0 Å². The summed E-state index contributed by atoms with van der Waals surface area (Å²) in [5.41, 5.74) is -0.0380. The molecule has 26 heavy (non-hydrogen) atoms. The van der Waals surface area contributed by atoms with Crippen molar-refractivity contribution in [3.05, 3.63) is 77.7 Å². The maximum atomic E-state index is 12.2. The van der Waals surface area contributed by atoms with Crippen LogP contribution in [0.15, 0.2) is 70.0 Å². The lowest BCUT2D eigenvalue weighted by molar-refractivity contribution is 0.0693. The minimum absolute atomic E-state index is 0.124. The van der Waals surface area contributed by atoms with E-state index in [0.29, 0.717) is 11.5 Å². The number of hydrogen-bond acceptors (Lipinski definition) is 5. The van der Waals surface area contributed by atoms with Crippen molar-refractivity contribution in [2.24, 2.45) is 0 Å². The van der Waals surface area contributed by atoms with E-state index in [0.717, 1.165) is 4.90 Å². The van der Waals surface area contributed by atoms with Crippen LogP contribution in [0.3, 0.4) is 0 Å². The number of thioether (sulfide) groups is 1. The van der Waals surface area contributed by atoms with Gasteiger partial charge in [0, 0.05) is 10.6 Å². The van der Waals surface area contributed by atoms with Gasteiger partial charge in [0.1, 0.15) is 17.1 Å². The molecule has 1 aromatic heterocycles. The highest BCUT2D eigenvalue weighted by molar-refractivity contribution is 7.98. The molecule has 1 heterocycles. The van der Waals surface area contributed by atoms with Crippen molar-refractivity contribution in [2.45, 2.75) is 10.6 Å². The number of aromatic hydroxyl groups is 1. The summed E-state index contributed by atoms with van der Waals surface area (Å²) in [5, 5.41) is 21.1. The van der Waals surface area contributed by atoms with Gasteiger partial charge in [-0.25, -0.2) is 4.79 Å². The van der Waals surface area contributed by atoms with Crippen molar-refractivity contribution in [2.75, 3.05) is 5.32 Å². The van der Waals surface area contributed by atoms with E-state index in [-0.39, 0.29) is 22.8 Å². The zero-order valence-corrected chi connectivity index (χ0v) is 14.3. The molecule has 3 aromatic rings. The Balaban J connectivity index is 1.65. The van der Waals surface area contributed by atoms with Crippen LogP contribution in [-0.2, 0) is 5.75 Å². The Labute approximate surface area is 153 Å². The SMILES string of the molecule is O=C(Nc1ccc(O)c(C(=O)O)c1)c1ccc(CSc2ccccc2)o1. The summed E-state index contributed by atoms with van der Waals surface area (Å²) in [5.74, 6) is -0.785. The summed E-state index contributed by atoms with van der Waals surface area (Å²) >= 11 is 1.59. The fourth-order valence-electron chi connectivity index (χ4n) is 2.23. The molecule has 7 heteroatoms. The number of carboxylic acid groups (broad SMARTS) is 1. The van der Waals surface area contributed by atoms with Crippen LogP contribution < -0.4 is 5.32 Å². The number of carbonyl (C=O) groups is 2. The normalized spacial score (nSPS) is 10.5. The molecule has 0 bridgehead atoms. The Hall–Kier alpha value is -3.19. The van der Waals surface area contributed by atoms with Gasteiger partial charge in [0.15, 0.2) is 5.76 Å². The van der Waals surface area contributed by atoms with Gasteiger partial charge < -0.3 is 19.9 Å². The quantitative estimate of drug-likeness (QED) is 0.444. The number of aromatic carboxylic acids is 1. The van der Waals surface area contributed by atoms with Crippen molar-refractivity contribution >= 4 is 29.3 Å². The van der Waals surface area contributed by atoms with Gasteiger partial charge in [0.05, 0.1) is 5.75 Å². The van der Waals surface area contributed by atoms with Crippen molar-refractivity contribution in [1.82, 2.24) is 0 Å². The zero-order valence-electron chi connectivity index (χ0n) is 13.5. The lowest BCUT2D eigenvalue weighted by Crippen LogP contribution is -2.11. The first-order valence-electron chi connectivity index (χ1n) is 7.67. The zero-order chi connectivity index (χ0) is 18.5. The van der Waals surface area contributed by atoms with Gasteiger partial charge in [0.2, 0.25) is 0 Å². The Morgan fingerprint density at radius 1 is 1.04 bits per heavy atom. The van der Waals surface area contributed by atoms with Gasteiger partial charge in [-0.3, -0.25) is 4.79 Å². The predicted molar refractivity (Wildman–Crippen MR) is 97.7 cm³/mol. The molecule has 0 radical (unpaired) electrons. The molecule has 3 N–H and O–H groups in total. The molecule has 0 aliphatic heterocycles. The molecule has 2 aromatic carbocycles. The maximum Gasteiger partial charge on any atom is 0.339 e. The predicted octanol–water partition coefficient (Wildman–Crippen LogP) is 4.23. The summed E-state index contributed by atoms with van der Waals surface area (Å²) in [6.07, 6.45) is 0. The smallest absolute Gasteiger partial charge is 0.339 e. The Bertz CT molecular complexity index is 936. The molecule has 6 nitrogen and oxygen atoms in total. The topological polar surface area (TPSA) is 99.8 Å². The highest BCUT2D eigenvalue weighted by Gasteiger charge is 2.15. The minimum Gasteiger partial charge on any atom is -0.507 e. The summed E-state index contributed by atoms with van der Waals surface area (Å²) in [4.78, 5) is 24.4. The van der Waals surface area contributed by atoms with Crippen LogP contribution in [0.1, 0.15) is 26.7 Å². The number of amides is 1. The van der Waals surface area contributed by atoms with E-state index in [1.54, 1.807) is 23.9 Å². The first-order chi connectivity index (χ1) is 12.5. The fourth-order valence-corrected chi connectivity index (χ4v) is 3.04. The second-order valence-electron chi connectivity index (χ2n) is 5.36. The molecular weight excluding hydrogens is 354 g/mol. The Kier molecular flexibility index (Phi) is 5.28. The summed E-state index contributed by atoms with van der Waals surface area (Å²) < 4.78 is 5.54. The first kappa shape index (κ1) is 17.6. The van der Waals surface area contributed by atoms with E-state index in [4.69, 9.17) is 9.52 Å². The van der Waals surface area contributed by atoms with Gasteiger partial charge >= 0.3 is 5.97 Å². The van der Waals surface area contributed by atoms with Crippen LogP contribution in [0.25, 0.3) is 0 Å². The van der Waals surface area contributed by atoms with E-state index >= 15 is 0 Å². The number of furan rings is 1. The molecule has 0 saturated carbocycles. The van der Waals surface area contributed by atoms with Crippen molar-refractivity contribution in [3.63, 3.8) is 0 Å². The van der Waals surface area contributed by atoms with Crippen LogP contribution in [0.4, 0.5) is 5.69 Å². The third kappa shape index (κ3) is 4.25. The van der Waals surface area contributed by atoms with Gasteiger partial charge in [0.25, 0.3) is 5.91 Å². The van der Waals surface area contributed by atoms with E-state index in [1.165, 1.54) is 18.2 Å². The molecule has 1 amide bonds. The molecule has 0 spiro atoms. The van der Waals surface area contributed by atoms with Gasteiger partial charge in [-0.05, 0) is 42.5 Å². The van der Waals surface area contributed by atoms with Crippen molar-refractivity contribution in [3.8, 4) is 5.75 Å². The number of rotatable bonds is 6. The number of carboxylic acids is 1. The van der Waals surface area contributed by atoms with Crippen LogP contribution in [0.2, 0.25) is 0 Å². The van der Waals surface area contributed by atoms with Gasteiger partial charge in [-0.2, -0.15) is 0 Å². The standard InChI is InChI=1S/C19H15NO5S/c21-16-8-6-12(10-15(16)19(23)24)20-18(22)17-9-7-13(25-17)11-26-14-4-2-1-3-5-14/h1-10,21H,11H2,(H,20,22)(H,23,24). The largest absolute Gasteiger partial charge is 0.507 e. The van der Waals surface area contributed by atoms with E-state index in [2.05, 4.69) is 5.32 Å². The van der Waals surface area contributed by atoms with Crippen molar-refractivity contribution < 1.29 is 24.2 Å².